The molecule has 2 amide bonds. The molecule has 154 valence electrons. The van der Waals surface area contributed by atoms with Crippen molar-refractivity contribution in [3.63, 3.8) is 0 Å². The lowest BCUT2D eigenvalue weighted by atomic mass is 10.3. The van der Waals surface area contributed by atoms with Gasteiger partial charge in [-0.05, 0) is 59.4 Å². The van der Waals surface area contributed by atoms with Gasteiger partial charge in [-0.15, -0.1) is 0 Å². The molecule has 0 aromatic heterocycles. The Kier molecular flexibility index (Phi) is 8.07. The second kappa shape index (κ2) is 11.0. The SMILES string of the molecule is CN(CC(=O)Nc1ccccc1Br)CC(=O)Nc1ccccc1Sc1ccccc1. The monoisotopic (exact) mass is 483 g/mol. The lowest BCUT2D eigenvalue weighted by molar-refractivity contribution is -0.119. The molecule has 0 bridgehead atoms. The summed E-state index contributed by atoms with van der Waals surface area (Å²) in [5.74, 6) is -0.357. The number of hydrogen-bond acceptors (Lipinski definition) is 4. The minimum atomic E-state index is -0.183. The Bertz CT molecular complexity index is 1010. The molecule has 0 aliphatic heterocycles. The molecule has 0 saturated heterocycles. The summed E-state index contributed by atoms with van der Waals surface area (Å²) in [6.07, 6.45) is 0. The average Bonchev–Trinajstić information content (AvgIpc) is 2.72. The first-order chi connectivity index (χ1) is 14.5. The Labute approximate surface area is 189 Å². The minimum Gasteiger partial charge on any atom is -0.324 e. The second-order valence-electron chi connectivity index (χ2n) is 6.66. The number of amides is 2. The smallest absolute Gasteiger partial charge is 0.238 e. The molecule has 3 aromatic carbocycles. The molecule has 3 aromatic rings. The van der Waals surface area contributed by atoms with Gasteiger partial charge in [-0.25, -0.2) is 0 Å². The maximum atomic E-state index is 12.5. The van der Waals surface area contributed by atoms with Crippen LogP contribution in [0.25, 0.3) is 0 Å². The summed E-state index contributed by atoms with van der Waals surface area (Å²) in [5, 5.41) is 5.79. The summed E-state index contributed by atoms with van der Waals surface area (Å²) in [4.78, 5) is 28.5. The Hall–Kier alpha value is -2.61. The summed E-state index contributed by atoms with van der Waals surface area (Å²) < 4.78 is 0.811. The van der Waals surface area contributed by atoms with Gasteiger partial charge in [0.25, 0.3) is 0 Å². The Balaban J connectivity index is 1.54. The fourth-order valence-electron chi connectivity index (χ4n) is 2.76. The van der Waals surface area contributed by atoms with E-state index in [1.54, 1.807) is 23.7 Å². The van der Waals surface area contributed by atoms with Crippen LogP contribution in [-0.2, 0) is 9.59 Å². The van der Waals surface area contributed by atoms with Crippen LogP contribution in [0.2, 0.25) is 0 Å². The van der Waals surface area contributed by atoms with Crippen molar-refractivity contribution in [1.82, 2.24) is 4.90 Å². The summed E-state index contributed by atoms with van der Waals surface area (Å²) in [6.45, 7) is 0.211. The molecule has 5 nitrogen and oxygen atoms in total. The molecule has 0 unspecified atom stereocenters. The lowest BCUT2D eigenvalue weighted by Crippen LogP contribution is -2.36. The van der Waals surface area contributed by atoms with E-state index in [1.165, 1.54) is 0 Å². The van der Waals surface area contributed by atoms with Gasteiger partial charge in [-0.3, -0.25) is 14.5 Å². The summed E-state index contributed by atoms with van der Waals surface area (Å²) in [7, 11) is 1.74. The van der Waals surface area contributed by atoms with E-state index in [0.717, 1.165) is 20.0 Å². The van der Waals surface area contributed by atoms with Crippen molar-refractivity contribution in [2.75, 3.05) is 30.8 Å². The topological polar surface area (TPSA) is 61.4 Å². The maximum absolute atomic E-state index is 12.5. The third-order valence-corrected chi connectivity index (χ3v) is 5.88. The Morgan fingerprint density at radius 1 is 0.800 bits per heavy atom. The van der Waals surface area contributed by atoms with Crippen LogP contribution in [0.1, 0.15) is 0 Å². The fraction of sp³-hybridized carbons (Fsp3) is 0.130. The van der Waals surface area contributed by atoms with Crippen LogP contribution in [-0.4, -0.2) is 36.9 Å². The molecular weight excluding hydrogens is 462 g/mol. The van der Waals surface area contributed by atoms with Crippen molar-refractivity contribution in [1.29, 1.82) is 0 Å². The van der Waals surface area contributed by atoms with Gasteiger partial charge in [0.1, 0.15) is 0 Å². The standard InChI is InChI=1S/C23H22BrN3O2S/c1-27(15-22(28)25-19-12-6-5-11-18(19)24)16-23(29)26-20-13-7-8-14-21(20)30-17-9-3-2-4-10-17/h2-14H,15-16H2,1H3,(H,25,28)(H,26,29). The number of benzene rings is 3. The van der Waals surface area contributed by atoms with Crippen LogP contribution in [0, 0.1) is 0 Å². The quantitative estimate of drug-likeness (QED) is 0.467. The minimum absolute atomic E-state index is 0.105. The largest absolute Gasteiger partial charge is 0.324 e. The number of hydrogen-bond donors (Lipinski definition) is 2. The molecular formula is C23H22BrN3O2S. The fourth-order valence-corrected chi connectivity index (χ4v) is 4.07. The number of para-hydroxylation sites is 2. The summed E-state index contributed by atoms with van der Waals surface area (Å²) >= 11 is 5.00. The van der Waals surface area contributed by atoms with Gasteiger partial charge >= 0.3 is 0 Å². The highest BCUT2D eigenvalue weighted by Crippen LogP contribution is 2.33. The first-order valence-electron chi connectivity index (χ1n) is 9.36. The van der Waals surface area contributed by atoms with Gasteiger partial charge < -0.3 is 10.6 Å². The zero-order valence-corrected chi connectivity index (χ0v) is 18.9. The van der Waals surface area contributed by atoms with Crippen molar-refractivity contribution in [3.05, 3.63) is 83.3 Å². The Morgan fingerprint density at radius 3 is 2.00 bits per heavy atom. The van der Waals surface area contributed by atoms with E-state index in [4.69, 9.17) is 0 Å². The molecule has 0 heterocycles. The summed E-state index contributed by atoms with van der Waals surface area (Å²) in [6, 6.07) is 25.1. The van der Waals surface area contributed by atoms with E-state index in [9.17, 15) is 9.59 Å². The molecule has 0 radical (unpaired) electrons. The molecule has 0 aliphatic rings. The first-order valence-corrected chi connectivity index (χ1v) is 11.0. The molecule has 0 saturated carbocycles. The van der Waals surface area contributed by atoms with Crippen LogP contribution in [0.15, 0.2) is 93.1 Å². The first kappa shape index (κ1) is 22.1. The van der Waals surface area contributed by atoms with Crippen LogP contribution < -0.4 is 10.6 Å². The van der Waals surface area contributed by atoms with Crippen molar-refractivity contribution >= 4 is 50.9 Å². The number of likely N-dealkylation sites (N-methyl/N-ethyl adjacent to an activating group) is 1. The predicted molar refractivity (Wildman–Crippen MR) is 126 cm³/mol. The van der Waals surface area contributed by atoms with Gasteiger partial charge in [0, 0.05) is 14.3 Å². The molecule has 0 fully saturated rings. The van der Waals surface area contributed by atoms with Gasteiger partial charge in [-0.1, -0.05) is 54.2 Å². The number of halogens is 1. The molecule has 0 spiro atoms. The predicted octanol–water partition coefficient (Wildman–Crippen LogP) is 5.11. The van der Waals surface area contributed by atoms with Crippen LogP contribution >= 0.6 is 27.7 Å². The van der Waals surface area contributed by atoms with E-state index in [0.29, 0.717) is 5.69 Å². The van der Waals surface area contributed by atoms with Gasteiger partial charge in [0.05, 0.1) is 24.5 Å². The van der Waals surface area contributed by atoms with Crippen molar-refractivity contribution in [3.8, 4) is 0 Å². The van der Waals surface area contributed by atoms with E-state index < -0.39 is 0 Å². The van der Waals surface area contributed by atoms with Crippen LogP contribution in [0.3, 0.4) is 0 Å². The normalized spacial score (nSPS) is 10.6. The van der Waals surface area contributed by atoms with Gasteiger partial charge in [0.15, 0.2) is 0 Å². The highest BCUT2D eigenvalue weighted by atomic mass is 79.9. The third kappa shape index (κ3) is 6.73. The maximum Gasteiger partial charge on any atom is 0.238 e. The molecule has 7 heteroatoms. The third-order valence-electron chi connectivity index (χ3n) is 4.11. The van der Waals surface area contributed by atoms with E-state index >= 15 is 0 Å². The summed E-state index contributed by atoms with van der Waals surface area (Å²) in [5.41, 5.74) is 1.45. The van der Waals surface area contributed by atoms with Crippen molar-refractivity contribution < 1.29 is 9.59 Å². The molecule has 30 heavy (non-hydrogen) atoms. The molecule has 0 atom stereocenters. The van der Waals surface area contributed by atoms with Gasteiger partial charge in [-0.2, -0.15) is 0 Å². The van der Waals surface area contributed by atoms with E-state index in [2.05, 4.69) is 26.6 Å². The van der Waals surface area contributed by atoms with Crippen LogP contribution in [0.4, 0.5) is 11.4 Å². The second-order valence-corrected chi connectivity index (χ2v) is 8.63. The average molecular weight is 484 g/mol. The zero-order chi connectivity index (χ0) is 21.3. The van der Waals surface area contributed by atoms with E-state index in [1.807, 2.05) is 78.9 Å². The van der Waals surface area contributed by atoms with Crippen molar-refractivity contribution in [2.24, 2.45) is 0 Å². The molecule has 3 rings (SSSR count). The van der Waals surface area contributed by atoms with E-state index in [-0.39, 0.29) is 24.9 Å². The zero-order valence-electron chi connectivity index (χ0n) is 16.5. The Morgan fingerprint density at radius 2 is 1.33 bits per heavy atom. The number of carbonyl (C=O) groups is 2. The number of nitrogens with one attached hydrogen (secondary N) is 2. The highest BCUT2D eigenvalue weighted by Gasteiger charge is 2.13. The molecule has 2 N–H and O–H groups in total. The lowest BCUT2D eigenvalue weighted by Gasteiger charge is -2.17. The van der Waals surface area contributed by atoms with Crippen LogP contribution in [0.5, 0.6) is 0 Å². The number of carbonyl (C=O) groups excluding carboxylic acids is 2. The highest BCUT2D eigenvalue weighted by molar-refractivity contribution is 9.10. The molecule has 0 aliphatic carbocycles. The number of anilines is 2. The number of nitrogens with zero attached hydrogens (tertiary/aromatic N) is 1. The van der Waals surface area contributed by atoms with Crippen molar-refractivity contribution in [2.45, 2.75) is 9.79 Å². The number of rotatable bonds is 8. The van der Waals surface area contributed by atoms with Gasteiger partial charge in [0.2, 0.25) is 11.8 Å².